The second-order valence-corrected chi connectivity index (χ2v) is 9.58. The number of thioether (sulfide) groups is 1. The SMILES string of the molecule is N[C@H]1CSC2=CC(C(=O)NCC3CCOCC3)=CN(Cc3ccc(OC(F)(F)F)cc3)C2C1=O. The lowest BCUT2D eigenvalue weighted by atomic mass is 9.98. The zero-order chi connectivity index (χ0) is 24.3. The van der Waals surface area contributed by atoms with Gasteiger partial charge >= 0.3 is 6.36 Å². The topological polar surface area (TPSA) is 93.9 Å². The van der Waals surface area contributed by atoms with Gasteiger partial charge in [0.2, 0.25) is 0 Å². The van der Waals surface area contributed by atoms with E-state index in [0.29, 0.717) is 42.6 Å². The number of ketones is 1. The van der Waals surface area contributed by atoms with Crippen molar-refractivity contribution in [2.24, 2.45) is 11.7 Å². The standard InChI is InChI=1S/C23H26F3N3O4S/c24-23(25,26)33-17-3-1-15(2-4-17)11-29-12-16(9-19-20(29)21(30)18(27)13-34-19)22(31)28-10-14-5-7-32-8-6-14/h1-4,9,12,14,18,20H,5-8,10-11,13,27H2,(H,28,31)/t18-,20?/m0/s1. The quantitative estimate of drug-likeness (QED) is 0.624. The van der Waals surface area contributed by atoms with Gasteiger partial charge in [-0.1, -0.05) is 12.1 Å². The maximum atomic E-state index is 12.9. The third kappa shape index (κ3) is 6.13. The maximum absolute atomic E-state index is 12.9. The maximum Gasteiger partial charge on any atom is 0.573 e. The van der Waals surface area contributed by atoms with Gasteiger partial charge in [-0.25, -0.2) is 0 Å². The van der Waals surface area contributed by atoms with E-state index in [-0.39, 0.29) is 24.0 Å². The zero-order valence-electron chi connectivity index (χ0n) is 18.3. The smallest absolute Gasteiger partial charge is 0.406 e. The molecule has 3 heterocycles. The van der Waals surface area contributed by atoms with E-state index in [9.17, 15) is 22.8 Å². The number of rotatable bonds is 6. The van der Waals surface area contributed by atoms with Gasteiger partial charge in [0.15, 0.2) is 5.78 Å². The highest BCUT2D eigenvalue weighted by Gasteiger charge is 2.39. The number of benzene rings is 1. The summed E-state index contributed by atoms with van der Waals surface area (Å²) in [5, 5.41) is 2.98. The normalized spacial score (nSPS) is 23.6. The largest absolute Gasteiger partial charge is 0.573 e. The Hall–Kier alpha value is -2.50. The minimum absolute atomic E-state index is 0.153. The van der Waals surface area contributed by atoms with Crippen LogP contribution in [0, 0.1) is 5.92 Å². The van der Waals surface area contributed by atoms with Gasteiger partial charge in [0.1, 0.15) is 11.8 Å². The fourth-order valence-electron chi connectivity index (χ4n) is 4.14. The van der Waals surface area contributed by atoms with Gasteiger partial charge in [-0.15, -0.1) is 24.9 Å². The minimum atomic E-state index is -4.77. The van der Waals surface area contributed by atoms with E-state index in [0.717, 1.165) is 17.7 Å². The van der Waals surface area contributed by atoms with Crippen LogP contribution in [0.2, 0.25) is 0 Å². The number of amides is 1. The molecule has 0 radical (unpaired) electrons. The molecule has 2 saturated heterocycles. The van der Waals surface area contributed by atoms with E-state index in [1.807, 2.05) is 0 Å². The van der Waals surface area contributed by atoms with Crippen LogP contribution in [0.25, 0.3) is 0 Å². The van der Waals surface area contributed by atoms with E-state index in [2.05, 4.69) is 10.1 Å². The first-order valence-electron chi connectivity index (χ1n) is 11.0. The fraction of sp³-hybridized carbons (Fsp3) is 0.478. The molecule has 2 atom stereocenters. The summed E-state index contributed by atoms with van der Waals surface area (Å²) in [5.41, 5.74) is 7.07. The van der Waals surface area contributed by atoms with Crippen molar-refractivity contribution in [3.8, 4) is 5.75 Å². The number of nitrogens with zero attached hydrogens (tertiary/aromatic N) is 1. The van der Waals surface area contributed by atoms with Crippen LogP contribution in [0.5, 0.6) is 5.75 Å². The molecule has 1 aromatic carbocycles. The van der Waals surface area contributed by atoms with Crippen LogP contribution in [0.4, 0.5) is 13.2 Å². The molecular weight excluding hydrogens is 471 g/mol. The van der Waals surface area contributed by atoms with Crippen molar-refractivity contribution >= 4 is 23.5 Å². The van der Waals surface area contributed by atoms with Crippen LogP contribution in [0.1, 0.15) is 18.4 Å². The number of alkyl halides is 3. The first-order valence-corrected chi connectivity index (χ1v) is 12.0. The van der Waals surface area contributed by atoms with Crippen LogP contribution in [0.3, 0.4) is 0 Å². The van der Waals surface area contributed by atoms with E-state index in [4.69, 9.17) is 10.5 Å². The van der Waals surface area contributed by atoms with Gasteiger partial charge in [-0.05, 0) is 42.5 Å². The summed E-state index contributed by atoms with van der Waals surface area (Å²) in [7, 11) is 0. The summed E-state index contributed by atoms with van der Waals surface area (Å²) < 4.78 is 46.6. The number of halogens is 3. The van der Waals surface area contributed by atoms with Crippen molar-refractivity contribution in [3.05, 3.63) is 52.6 Å². The first-order chi connectivity index (χ1) is 16.2. The third-order valence-electron chi connectivity index (χ3n) is 5.94. The van der Waals surface area contributed by atoms with E-state index >= 15 is 0 Å². The molecule has 1 amide bonds. The minimum Gasteiger partial charge on any atom is -0.406 e. The molecule has 0 aromatic heterocycles. The van der Waals surface area contributed by atoms with Crippen molar-refractivity contribution in [3.63, 3.8) is 0 Å². The Labute approximate surface area is 199 Å². The van der Waals surface area contributed by atoms with Crippen molar-refractivity contribution in [2.75, 3.05) is 25.5 Å². The van der Waals surface area contributed by atoms with Crippen molar-refractivity contribution in [1.82, 2.24) is 10.2 Å². The molecule has 34 heavy (non-hydrogen) atoms. The predicted octanol–water partition coefficient (Wildman–Crippen LogP) is 2.72. The fourth-order valence-corrected chi connectivity index (χ4v) is 5.30. The molecule has 4 rings (SSSR count). The second kappa shape index (κ2) is 10.4. The Balaban J connectivity index is 1.50. The average Bonchev–Trinajstić information content (AvgIpc) is 2.80. The molecule has 3 aliphatic heterocycles. The van der Waals surface area contributed by atoms with Gasteiger partial charge in [0.05, 0.1) is 11.6 Å². The molecule has 7 nitrogen and oxygen atoms in total. The van der Waals surface area contributed by atoms with Gasteiger partial charge < -0.3 is 25.4 Å². The molecule has 0 bridgehead atoms. The van der Waals surface area contributed by atoms with E-state index in [1.54, 1.807) is 17.2 Å². The Morgan fingerprint density at radius 1 is 1.24 bits per heavy atom. The van der Waals surface area contributed by atoms with Gasteiger partial charge in [-0.3, -0.25) is 9.59 Å². The lowest BCUT2D eigenvalue weighted by Crippen LogP contribution is -2.52. The highest BCUT2D eigenvalue weighted by molar-refractivity contribution is 8.03. The molecule has 2 fully saturated rings. The third-order valence-corrected chi connectivity index (χ3v) is 7.14. The van der Waals surface area contributed by atoms with Crippen LogP contribution in [-0.2, 0) is 20.9 Å². The number of nitrogens with one attached hydrogen (secondary N) is 1. The summed E-state index contributed by atoms with van der Waals surface area (Å²) in [6.07, 6.45) is 0.376. The highest BCUT2D eigenvalue weighted by Crippen LogP contribution is 2.36. The Kier molecular flexibility index (Phi) is 7.54. The number of ether oxygens (including phenoxy) is 2. The summed E-state index contributed by atoms with van der Waals surface area (Å²) in [6.45, 7) is 2.14. The molecule has 0 spiro atoms. The second-order valence-electron chi connectivity index (χ2n) is 8.48. The first kappa shape index (κ1) is 24.6. The van der Waals surface area contributed by atoms with Gasteiger partial charge in [0.25, 0.3) is 5.91 Å². The lowest BCUT2D eigenvalue weighted by molar-refractivity contribution is -0.274. The van der Waals surface area contributed by atoms with Crippen LogP contribution in [-0.4, -0.2) is 60.5 Å². The van der Waals surface area contributed by atoms with E-state index < -0.39 is 18.4 Å². The molecule has 184 valence electrons. The summed E-state index contributed by atoms with van der Waals surface area (Å²) in [5.74, 6) is 0.0688. The summed E-state index contributed by atoms with van der Waals surface area (Å²) in [6, 6.07) is 4.17. The van der Waals surface area contributed by atoms with Crippen LogP contribution < -0.4 is 15.8 Å². The molecule has 11 heteroatoms. The number of fused-ring (bicyclic) bond motifs is 1. The predicted molar refractivity (Wildman–Crippen MR) is 121 cm³/mol. The van der Waals surface area contributed by atoms with Crippen LogP contribution >= 0.6 is 11.8 Å². The van der Waals surface area contributed by atoms with Gasteiger partial charge in [-0.2, -0.15) is 0 Å². The molecule has 3 N–H and O–H groups in total. The molecule has 0 saturated carbocycles. The lowest BCUT2D eigenvalue weighted by Gasteiger charge is -2.39. The van der Waals surface area contributed by atoms with Crippen molar-refractivity contribution in [2.45, 2.75) is 37.8 Å². The molecule has 3 aliphatic rings. The number of carbonyl (C=O) groups is 2. The summed E-state index contributed by atoms with van der Waals surface area (Å²) in [4.78, 5) is 28.3. The molecule has 1 unspecified atom stereocenters. The number of Topliss-reactive ketones (excluding diaryl/α,β-unsaturated/α-hetero) is 1. The monoisotopic (exact) mass is 497 g/mol. The Bertz CT molecular complexity index is 975. The molecule has 1 aromatic rings. The number of hydrogen-bond acceptors (Lipinski definition) is 7. The molecular formula is C23H26F3N3O4S. The number of nitrogens with two attached hydrogens (primary N) is 1. The highest BCUT2D eigenvalue weighted by atomic mass is 32.2. The van der Waals surface area contributed by atoms with Gasteiger partial charge in [0, 0.05) is 43.2 Å². The Morgan fingerprint density at radius 3 is 2.62 bits per heavy atom. The number of carbonyl (C=O) groups excluding carboxylic acids is 2. The summed E-state index contributed by atoms with van der Waals surface area (Å²) >= 11 is 1.44. The van der Waals surface area contributed by atoms with Crippen molar-refractivity contribution < 1.29 is 32.2 Å². The van der Waals surface area contributed by atoms with Crippen LogP contribution in [0.15, 0.2) is 47.0 Å². The van der Waals surface area contributed by atoms with Crippen molar-refractivity contribution in [1.29, 1.82) is 0 Å². The average molecular weight is 498 g/mol. The van der Waals surface area contributed by atoms with E-state index in [1.165, 1.54) is 36.0 Å². The Morgan fingerprint density at radius 2 is 1.94 bits per heavy atom. The molecule has 0 aliphatic carbocycles. The number of hydrogen-bond donors (Lipinski definition) is 2. The zero-order valence-corrected chi connectivity index (χ0v) is 19.2.